The van der Waals surface area contributed by atoms with Crippen LogP contribution in [0.3, 0.4) is 0 Å². The summed E-state index contributed by atoms with van der Waals surface area (Å²) in [6.45, 7) is 0. The zero-order valence-electron chi connectivity index (χ0n) is 9.67. The molecule has 0 heterocycles. The van der Waals surface area contributed by atoms with Crippen LogP contribution in [0.5, 0.6) is 0 Å². The van der Waals surface area contributed by atoms with Crippen LogP contribution in [0.15, 0.2) is 36.4 Å². The first-order valence-electron chi connectivity index (χ1n) is 5.17. The van der Waals surface area contributed by atoms with Gasteiger partial charge >= 0.3 is 0 Å². The van der Waals surface area contributed by atoms with Gasteiger partial charge in [-0.25, -0.2) is 13.1 Å². The minimum absolute atomic E-state index is 0.152. The molecule has 0 aliphatic carbocycles. The highest BCUT2D eigenvalue weighted by molar-refractivity contribution is 7.89. The van der Waals surface area contributed by atoms with Crippen molar-refractivity contribution in [3.63, 3.8) is 0 Å². The van der Waals surface area contributed by atoms with Crippen LogP contribution in [0, 0.1) is 0 Å². The average Bonchev–Trinajstić information content (AvgIpc) is 2.25. The van der Waals surface area contributed by atoms with E-state index in [0.29, 0.717) is 0 Å². The lowest BCUT2D eigenvalue weighted by Gasteiger charge is -2.07. The number of amides is 1. The normalized spacial score (nSPS) is 11.4. The summed E-state index contributed by atoms with van der Waals surface area (Å²) in [7, 11) is -3.60. The lowest BCUT2D eigenvalue weighted by Crippen LogP contribution is -2.29. The highest BCUT2D eigenvalue weighted by Gasteiger charge is 2.14. The smallest absolute Gasteiger partial charge is 0.266 e. The molecule has 6 heteroatoms. The van der Waals surface area contributed by atoms with Gasteiger partial charge in [0, 0.05) is 5.69 Å². The van der Waals surface area contributed by atoms with E-state index in [2.05, 4.69) is 0 Å². The maximum Gasteiger partial charge on any atom is 0.266 e. The van der Waals surface area contributed by atoms with Crippen LogP contribution in [-0.2, 0) is 10.0 Å². The molecule has 0 radical (unpaired) electrons. The maximum absolute atomic E-state index is 11.8. The molecule has 2 aromatic rings. The monoisotopic (exact) mass is 264 g/mol. The van der Waals surface area contributed by atoms with Crippen LogP contribution in [0.1, 0.15) is 10.4 Å². The molecule has 0 aliphatic heterocycles. The van der Waals surface area contributed by atoms with Crippen molar-refractivity contribution in [2.45, 2.75) is 0 Å². The molecule has 0 aliphatic rings. The van der Waals surface area contributed by atoms with E-state index in [1.165, 1.54) is 0 Å². The zero-order chi connectivity index (χ0) is 13.3. The summed E-state index contributed by atoms with van der Waals surface area (Å²) in [4.78, 5) is 11.8. The van der Waals surface area contributed by atoms with Gasteiger partial charge in [0.25, 0.3) is 5.91 Å². The summed E-state index contributed by atoms with van der Waals surface area (Å²) < 4.78 is 23.9. The molecule has 94 valence electrons. The van der Waals surface area contributed by atoms with Gasteiger partial charge in [0.05, 0.1) is 11.8 Å². The van der Waals surface area contributed by atoms with Crippen molar-refractivity contribution in [1.82, 2.24) is 4.72 Å². The largest absolute Gasteiger partial charge is 0.398 e. The third-order valence-electron chi connectivity index (χ3n) is 2.44. The van der Waals surface area contributed by atoms with Crippen molar-refractivity contribution in [2.75, 3.05) is 12.0 Å². The van der Waals surface area contributed by atoms with Crippen LogP contribution in [-0.4, -0.2) is 20.6 Å². The molecule has 0 atom stereocenters. The molecule has 0 aromatic heterocycles. The Morgan fingerprint density at radius 3 is 2.28 bits per heavy atom. The summed E-state index contributed by atoms with van der Waals surface area (Å²) in [6.07, 6.45) is 0.919. The van der Waals surface area contributed by atoms with E-state index in [1.807, 2.05) is 29.0 Å². The first kappa shape index (κ1) is 12.4. The second kappa shape index (κ2) is 4.30. The summed E-state index contributed by atoms with van der Waals surface area (Å²) in [5.74, 6) is -0.722. The van der Waals surface area contributed by atoms with Crippen LogP contribution in [0.25, 0.3) is 10.8 Å². The molecule has 1 amide bonds. The Morgan fingerprint density at radius 1 is 1.17 bits per heavy atom. The number of nitrogen functional groups attached to an aromatic ring is 1. The molecule has 2 rings (SSSR count). The number of benzene rings is 2. The Bertz CT molecular complexity index is 723. The van der Waals surface area contributed by atoms with E-state index in [4.69, 9.17) is 5.73 Å². The fourth-order valence-corrected chi connectivity index (χ4v) is 2.12. The molecule has 0 unspecified atom stereocenters. The topological polar surface area (TPSA) is 89.3 Å². The zero-order valence-corrected chi connectivity index (χ0v) is 10.5. The van der Waals surface area contributed by atoms with Gasteiger partial charge in [-0.3, -0.25) is 4.79 Å². The van der Waals surface area contributed by atoms with E-state index in [1.54, 1.807) is 12.1 Å². The Labute approximate surface area is 105 Å². The Morgan fingerprint density at radius 2 is 1.72 bits per heavy atom. The SMILES string of the molecule is CS(=O)(=O)NC(=O)c1cc2ccccc2cc1N. The van der Waals surface area contributed by atoms with Gasteiger partial charge in [-0.05, 0) is 22.9 Å². The van der Waals surface area contributed by atoms with Crippen molar-refractivity contribution in [3.05, 3.63) is 42.0 Å². The van der Waals surface area contributed by atoms with Crippen molar-refractivity contribution in [3.8, 4) is 0 Å². The molecule has 0 bridgehead atoms. The Kier molecular flexibility index (Phi) is 2.96. The van der Waals surface area contributed by atoms with Crippen LogP contribution in [0.4, 0.5) is 5.69 Å². The van der Waals surface area contributed by atoms with Crippen molar-refractivity contribution in [1.29, 1.82) is 0 Å². The summed E-state index contributed by atoms with van der Waals surface area (Å²) in [5, 5.41) is 1.72. The van der Waals surface area contributed by atoms with Crippen LogP contribution < -0.4 is 10.5 Å². The fourth-order valence-electron chi connectivity index (χ4n) is 1.68. The minimum atomic E-state index is -3.60. The number of carbonyl (C=O) groups is 1. The highest BCUT2D eigenvalue weighted by atomic mass is 32.2. The Balaban J connectivity index is 2.51. The minimum Gasteiger partial charge on any atom is -0.398 e. The molecular weight excluding hydrogens is 252 g/mol. The second-order valence-corrected chi connectivity index (χ2v) is 5.74. The highest BCUT2D eigenvalue weighted by Crippen LogP contribution is 2.21. The molecule has 0 saturated heterocycles. The van der Waals surface area contributed by atoms with Gasteiger partial charge in [0.15, 0.2) is 0 Å². The number of fused-ring (bicyclic) bond motifs is 1. The van der Waals surface area contributed by atoms with E-state index in [-0.39, 0.29) is 11.3 Å². The van der Waals surface area contributed by atoms with Gasteiger partial charge < -0.3 is 5.73 Å². The summed E-state index contributed by atoms with van der Waals surface area (Å²) in [5.41, 5.74) is 6.15. The molecule has 0 saturated carbocycles. The molecule has 5 nitrogen and oxygen atoms in total. The number of nitrogens with two attached hydrogens (primary N) is 1. The number of anilines is 1. The average molecular weight is 264 g/mol. The molecule has 0 spiro atoms. The predicted molar refractivity (Wildman–Crippen MR) is 70.7 cm³/mol. The lowest BCUT2D eigenvalue weighted by molar-refractivity contribution is 0.0982. The number of hydrogen-bond acceptors (Lipinski definition) is 4. The number of rotatable bonds is 2. The predicted octanol–water partition coefficient (Wildman–Crippen LogP) is 1.11. The fraction of sp³-hybridized carbons (Fsp3) is 0.0833. The third-order valence-corrected chi connectivity index (χ3v) is 3.00. The molecule has 2 aromatic carbocycles. The van der Waals surface area contributed by atoms with Gasteiger partial charge in [0.1, 0.15) is 0 Å². The van der Waals surface area contributed by atoms with Crippen LogP contribution in [0.2, 0.25) is 0 Å². The lowest BCUT2D eigenvalue weighted by atomic mass is 10.0. The molecule has 3 N–H and O–H groups in total. The van der Waals surface area contributed by atoms with Gasteiger partial charge in [-0.2, -0.15) is 0 Å². The van der Waals surface area contributed by atoms with E-state index in [9.17, 15) is 13.2 Å². The molecular formula is C12H12N2O3S. The summed E-state index contributed by atoms with van der Waals surface area (Å²) >= 11 is 0. The van der Waals surface area contributed by atoms with Gasteiger partial charge in [0.2, 0.25) is 10.0 Å². The van der Waals surface area contributed by atoms with E-state index < -0.39 is 15.9 Å². The van der Waals surface area contributed by atoms with Crippen molar-refractivity contribution in [2.24, 2.45) is 0 Å². The second-order valence-electron chi connectivity index (χ2n) is 3.99. The third kappa shape index (κ3) is 2.60. The summed E-state index contributed by atoms with van der Waals surface area (Å²) in [6, 6.07) is 10.6. The number of hydrogen-bond donors (Lipinski definition) is 2. The number of sulfonamides is 1. The van der Waals surface area contributed by atoms with Gasteiger partial charge in [-0.1, -0.05) is 24.3 Å². The van der Waals surface area contributed by atoms with Crippen molar-refractivity contribution >= 4 is 32.4 Å². The van der Waals surface area contributed by atoms with Crippen molar-refractivity contribution < 1.29 is 13.2 Å². The van der Waals surface area contributed by atoms with Gasteiger partial charge in [-0.15, -0.1) is 0 Å². The van der Waals surface area contributed by atoms with Crippen LogP contribution >= 0.6 is 0 Å². The first-order chi connectivity index (χ1) is 8.37. The number of nitrogens with one attached hydrogen (secondary N) is 1. The molecule has 0 fully saturated rings. The number of carbonyl (C=O) groups excluding carboxylic acids is 1. The standard InChI is InChI=1S/C12H12N2O3S/c1-18(16,17)14-12(15)10-6-8-4-2-3-5-9(8)7-11(10)13/h2-7H,13H2,1H3,(H,14,15). The van der Waals surface area contributed by atoms with E-state index >= 15 is 0 Å². The van der Waals surface area contributed by atoms with E-state index in [0.717, 1.165) is 17.0 Å². The quantitative estimate of drug-likeness (QED) is 0.795. The first-order valence-corrected chi connectivity index (χ1v) is 7.06. The Hall–Kier alpha value is -2.08. The molecule has 18 heavy (non-hydrogen) atoms. The maximum atomic E-state index is 11.8.